The van der Waals surface area contributed by atoms with E-state index in [-0.39, 0.29) is 17.6 Å². The number of imidazole rings is 1. The predicted molar refractivity (Wildman–Crippen MR) is 135 cm³/mol. The Morgan fingerprint density at radius 3 is 2.26 bits per heavy atom. The summed E-state index contributed by atoms with van der Waals surface area (Å²) >= 11 is 1.37. The summed E-state index contributed by atoms with van der Waals surface area (Å²) in [6, 6.07) is 25.2. The molecular weight excluding hydrogens is 444 g/mol. The number of aromatic nitrogens is 2. The van der Waals surface area contributed by atoms with Gasteiger partial charge in [-0.1, -0.05) is 71.9 Å². The maximum Gasteiger partial charge on any atom is 0.251 e. The van der Waals surface area contributed by atoms with E-state index in [9.17, 15) is 9.59 Å². The van der Waals surface area contributed by atoms with Crippen LogP contribution in [-0.2, 0) is 17.9 Å². The van der Waals surface area contributed by atoms with E-state index < -0.39 is 0 Å². The quantitative estimate of drug-likeness (QED) is 0.353. The Morgan fingerprint density at radius 2 is 1.53 bits per heavy atom. The highest BCUT2D eigenvalue weighted by Crippen LogP contribution is 2.21. The van der Waals surface area contributed by atoms with Crippen LogP contribution in [0.1, 0.15) is 27.0 Å². The van der Waals surface area contributed by atoms with Crippen molar-refractivity contribution in [3.8, 4) is 5.69 Å². The Labute approximate surface area is 203 Å². The van der Waals surface area contributed by atoms with Gasteiger partial charge in [-0.2, -0.15) is 0 Å². The molecule has 6 nitrogen and oxygen atoms in total. The van der Waals surface area contributed by atoms with E-state index in [1.165, 1.54) is 17.3 Å². The molecule has 2 amide bonds. The second-order valence-corrected chi connectivity index (χ2v) is 8.79. The summed E-state index contributed by atoms with van der Waals surface area (Å²) in [5, 5.41) is 6.59. The van der Waals surface area contributed by atoms with Crippen LogP contribution < -0.4 is 10.6 Å². The van der Waals surface area contributed by atoms with Gasteiger partial charge in [0.25, 0.3) is 5.91 Å². The molecule has 3 aromatic carbocycles. The van der Waals surface area contributed by atoms with E-state index in [1.54, 1.807) is 18.3 Å². The zero-order valence-corrected chi connectivity index (χ0v) is 19.7. The number of nitrogens with one attached hydrogen (secondary N) is 2. The predicted octanol–water partition coefficient (Wildman–Crippen LogP) is 4.52. The van der Waals surface area contributed by atoms with Crippen molar-refractivity contribution >= 4 is 23.6 Å². The van der Waals surface area contributed by atoms with Gasteiger partial charge < -0.3 is 10.6 Å². The maximum atomic E-state index is 12.5. The van der Waals surface area contributed by atoms with E-state index in [1.807, 2.05) is 84.4 Å². The number of rotatable bonds is 9. The van der Waals surface area contributed by atoms with Gasteiger partial charge in [-0.25, -0.2) is 4.98 Å². The summed E-state index contributed by atoms with van der Waals surface area (Å²) in [5.41, 5.74) is 4.77. The lowest BCUT2D eigenvalue weighted by atomic mass is 10.1. The fraction of sp³-hybridized carbons (Fsp3) is 0.148. The lowest BCUT2D eigenvalue weighted by Gasteiger charge is -2.10. The molecule has 4 aromatic rings. The molecule has 0 unspecified atom stereocenters. The highest BCUT2D eigenvalue weighted by Gasteiger charge is 2.11. The molecular formula is C27H26N4O2S. The van der Waals surface area contributed by atoms with Gasteiger partial charge in [0.1, 0.15) is 0 Å². The molecule has 0 saturated heterocycles. The minimum absolute atomic E-state index is 0.0504. The van der Waals surface area contributed by atoms with Gasteiger partial charge in [0, 0.05) is 36.7 Å². The van der Waals surface area contributed by atoms with Gasteiger partial charge in [-0.15, -0.1) is 0 Å². The highest BCUT2D eigenvalue weighted by molar-refractivity contribution is 7.99. The topological polar surface area (TPSA) is 76.0 Å². The summed E-state index contributed by atoms with van der Waals surface area (Å²) in [5.74, 6) is 0.0921. The number of carbonyl (C=O) groups excluding carboxylic acids is 2. The summed E-state index contributed by atoms with van der Waals surface area (Å²) in [7, 11) is 0. The van der Waals surface area contributed by atoms with Crippen LogP contribution in [0.25, 0.3) is 5.69 Å². The van der Waals surface area contributed by atoms with Crippen LogP contribution in [0, 0.1) is 6.92 Å². The fourth-order valence-electron chi connectivity index (χ4n) is 3.33. The van der Waals surface area contributed by atoms with Gasteiger partial charge in [0.2, 0.25) is 5.91 Å². The second kappa shape index (κ2) is 11.3. The molecule has 0 aliphatic rings. The number of benzene rings is 3. The Bertz CT molecular complexity index is 1240. The Morgan fingerprint density at radius 1 is 0.853 bits per heavy atom. The van der Waals surface area contributed by atoms with Crippen molar-refractivity contribution in [2.75, 3.05) is 5.75 Å². The molecule has 4 rings (SSSR count). The molecule has 0 aliphatic carbocycles. The Hall–Kier alpha value is -3.84. The van der Waals surface area contributed by atoms with Gasteiger partial charge >= 0.3 is 0 Å². The molecule has 0 bridgehead atoms. The van der Waals surface area contributed by atoms with E-state index in [0.717, 1.165) is 16.8 Å². The second-order valence-electron chi connectivity index (χ2n) is 7.85. The number of nitrogens with zero attached hydrogens (tertiary/aromatic N) is 2. The van der Waals surface area contributed by atoms with Crippen molar-refractivity contribution in [2.45, 2.75) is 25.2 Å². The summed E-state index contributed by atoms with van der Waals surface area (Å²) in [4.78, 5) is 29.1. The molecule has 0 atom stereocenters. The maximum absolute atomic E-state index is 12.5. The average molecular weight is 471 g/mol. The van der Waals surface area contributed by atoms with Gasteiger partial charge in [0.15, 0.2) is 5.16 Å². The first kappa shape index (κ1) is 23.3. The molecule has 2 N–H and O–H groups in total. The van der Waals surface area contributed by atoms with Crippen molar-refractivity contribution in [1.29, 1.82) is 0 Å². The third-order valence-electron chi connectivity index (χ3n) is 5.25. The van der Waals surface area contributed by atoms with Crippen LogP contribution in [0.4, 0.5) is 0 Å². The van der Waals surface area contributed by atoms with Gasteiger partial charge in [0.05, 0.1) is 5.75 Å². The van der Waals surface area contributed by atoms with Crippen molar-refractivity contribution in [3.05, 3.63) is 114 Å². The third-order valence-corrected chi connectivity index (χ3v) is 6.22. The zero-order chi connectivity index (χ0) is 23.8. The molecule has 0 radical (unpaired) electrons. The van der Waals surface area contributed by atoms with E-state index >= 15 is 0 Å². The monoisotopic (exact) mass is 470 g/mol. The van der Waals surface area contributed by atoms with Crippen molar-refractivity contribution < 1.29 is 9.59 Å². The number of hydrogen-bond acceptors (Lipinski definition) is 4. The molecule has 34 heavy (non-hydrogen) atoms. The first-order chi connectivity index (χ1) is 16.6. The highest BCUT2D eigenvalue weighted by atomic mass is 32.2. The zero-order valence-electron chi connectivity index (χ0n) is 18.9. The first-order valence-corrected chi connectivity index (χ1v) is 12.0. The number of amides is 2. The van der Waals surface area contributed by atoms with E-state index in [2.05, 4.69) is 15.6 Å². The number of hydrogen-bond donors (Lipinski definition) is 2. The first-order valence-electron chi connectivity index (χ1n) is 11.0. The summed E-state index contributed by atoms with van der Waals surface area (Å²) in [6.07, 6.45) is 3.55. The molecule has 1 heterocycles. The molecule has 7 heteroatoms. The van der Waals surface area contributed by atoms with Gasteiger partial charge in [-0.05, 0) is 42.3 Å². The minimum Gasteiger partial charge on any atom is -0.351 e. The van der Waals surface area contributed by atoms with Crippen molar-refractivity contribution in [3.63, 3.8) is 0 Å². The third kappa shape index (κ3) is 6.36. The smallest absolute Gasteiger partial charge is 0.251 e. The Kier molecular flexibility index (Phi) is 7.78. The number of aryl methyl sites for hydroxylation is 1. The average Bonchev–Trinajstić information content (AvgIpc) is 3.35. The van der Waals surface area contributed by atoms with Crippen LogP contribution >= 0.6 is 11.8 Å². The van der Waals surface area contributed by atoms with Crippen molar-refractivity contribution in [2.24, 2.45) is 0 Å². The normalized spacial score (nSPS) is 10.6. The molecule has 172 valence electrons. The van der Waals surface area contributed by atoms with E-state index in [0.29, 0.717) is 23.8 Å². The molecule has 1 aromatic heterocycles. The molecule has 0 fully saturated rings. The fourth-order valence-corrected chi connectivity index (χ4v) is 4.14. The van der Waals surface area contributed by atoms with Crippen LogP contribution in [0.5, 0.6) is 0 Å². The number of thioether (sulfide) groups is 1. The van der Waals surface area contributed by atoms with Crippen LogP contribution in [0.3, 0.4) is 0 Å². The molecule has 0 aliphatic heterocycles. The standard InChI is InChI=1S/C27H26N4O2S/c1-20-7-9-22(10-8-20)17-29-25(32)19-34-27-28-15-16-31(27)24-13-11-23(12-14-24)26(33)30-18-21-5-3-2-4-6-21/h2-16H,17-19H2,1H3,(H,29,32)(H,30,33). The molecule has 0 saturated carbocycles. The van der Waals surface area contributed by atoms with Crippen LogP contribution in [0.2, 0.25) is 0 Å². The minimum atomic E-state index is -0.124. The molecule has 0 spiro atoms. The summed E-state index contributed by atoms with van der Waals surface area (Å²) < 4.78 is 1.91. The van der Waals surface area contributed by atoms with Crippen LogP contribution in [-0.4, -0.2) is 27.1 Å². The lowest BCUT2D eigenvalue weighted by Crippen LogP contribution is -2.24. The lowest BCUT2D eigenvalue weighted by molar-refractivity contribution is -0.118. The van der Waals surface area contributed by atoms with Crippen LogP contribution in [0.15, 0.2) is 96.4 Å². The number of carbonyl (C=O) groups is 2. The largest absolute Gasteiger partial charge is 0.351 e. The van der Waals surface area contributed by atoms with E-state index in [4.69, 9.17) is 0 Å². The van der Waals surface area contributed by atoms with Crippen molar-refractivity contribution in [1.82, 2.24) is 20.2 Å². The SMILES string of the molecule is Cc1ccc(CNC(=O)CSc2nccn2-c2ccc(C(=O)NCc3ccccc3)cc2)cc1. The Balaban J connectivity index is 1.30. The van der Waals surface area contributed by atoms with Gasteiger partial charge in [-0.3, -0.25) is 14.2 Å². The summed E-state index contributed by atoms with van der Waals surface area (Å²) in [6.45, 7) is 3.02.